The van der Waals surface area contributed by atoms with Crippen molar-refractivity contribution < 1.29 is 9.50 Å². The van der Waals surface area contributed by atoms with Crippen LogP contribution in [-0.4, -0.2) is 36.2 Å². The van der Waals surface area contributed by atoms with Crippen LogP contribution < -0.4 is 5.32 Å². The fraction of sp³-hybridized carbons (Fsp3) is 0.375. The minimum Gasteiger partial charge on any atom is -0.507 e. The second-order valence-electron chi connectivity index (χ2n) is 5.33. The number of nitrogens with one attached hydrogen (secondary N) is 1. The molecule has 3 nitrogen and oxygen atoms in total. The minimum absolute atomic E-state index is 0. The molecule has 1 fully saturated rings. The zero-order valence-electron chi connectivity index (χ0n) is 12.8. The Morgan fingerprint density at radius 2 is 1.91 bits per heavy atom. The maximum absolute atomic E-state index is 14.4. The molecule has 1 aromatic heterocycles. The third-order valence-corrected chi connectivity index (χ3v) is 4.89. The molecule has 0 bridgehead atoms. The van der Waals surface area contributed by atoms with Gasteiger partial charge in [0.25, 0.3) is 0 Å². The number of hydrogen-bond donors (Lipinski definition) is 2. The van der Waals surface area contributed by atoms with E-state index in [4.69, 9.17) is 0 Å². The van der Waals surface area contributed by atoms with Crippen LogP contribution >= 0.6 is 36.2 Å². The maximum atomic E-state index is 14.4. The molecule has 23 heavy (non-hydrogen) atoms. The molecule has 0 saturated carbocycles. The molecule has 0 unspecified atom stereocenters. The van der Waals surface area contributed by atoms with Crippen molar-refractivity contribution in [3.63, 3.8) is 0 Å². The van der Waals surface area contributed by atoms with E-state index in [1.165, 1.54) is 6.07 Å². The van der Waals surface area contributed by atoms with Crippen molar-refractivity contribution in [2.45, 2.75) is 13.0 Å². The molecule has 0 aliphatic carbocycles. The van der Waals surface area contributed by atoms with Gasteiger partial charge in [-0.1, -0.05) is 12.1 Å². The third kappa shape index (κ3) is 4.17. The summed E-state index contributed by atoms with van der Waals surface area (Å²) in [5, 5.41) is 15.7. The second-order valence-corrected chi connectivity index (χ2v) is 6.31. The molecular formula is C16H21Cl2FN2OS. The number of hydrogen-bond acceptors (Lipinski definition) is 4. The van der Waals surface area contributed by atoms with Crippen molar-refractivity contribution in [2.75, 3.05) is 26.2 Å². The molecule has 0 spiro atoms. The van der Waals surface area contributed by atoms with E-state index in [1.807, 2.05) is 24.4 Å². The highest BCUT2D eigenvalue weighted by Crippen LogP contribution is 2.39. The van der Waals surface area contributed by atoms with Crippen molar-refractivity contribution in [3.05, 3.63) is 51.5 Å². The molecular weight excluding hydrogens is 358 g/mol. The van der Waals surface area contributed by atoms with Gasteiger partial charge in [0.15, 0.2) is 0 Å². The van der Waals surface area contributed by atoms with Gasteiger partial charge in [-0.15, -0.1) is 36.2 Å². The van der Waals surface area contributed by atoms with E-state index in [0.717, 1.165) is 31.1 Å². The Morgan fingerprint density at radius 3 is 2.52 bits per heavy atom. The Kier molecular flexibility index (Phi) is 7.77. The number of benzene rings is 1. The van der Waals surface area contributed by atoms with Gasteiger partial charge >= 0.3 is 0 Å². The molecule has 1 aliphatic heterocycles. The quantitative estimate of drug-likeness (QED) is 0.853. The van der Waals surface area contributed by atoms with E-state index in [-0.39, 0.29) is 42.4 Å². The van der Waals surface area contributed by atoms with Gasteiger partial charge in [-0.05, 0) is 30.0 Å². The van der Waals surface area contributed by atoms with Crippen LogP contribution in [0.25, 0.3) is 0 Å². The summed E-state index contributed by atoms with van der Waals surface area (Å²) in [6.45, 7) is 5.26. The van der Waals surface area contributed by atoms with Gasteiger partial charge in [0.1, 0.15) is 11.6 Å². The molecule has 1 aliphatic rings. The molecule has 0 amide bonds. The molecule has 1 atom stereocenters. The van der Waals surface area contributed by atoms with Crippen LogP contribution in [0.3, 0.4) is 0 Å². The number of piperazine rings is 1. The van der Waals surface area contributed by atoms with Crippen molar-refractivity contribution >= 4 is 36.2 Å². The lowest BCUT2D eigenvalue weighted by atomic mass is 9.98. The van der Waals surface area contributed by atoms with Gasteiger partial charge in [0.2, 0.25) is 0 Å². The van der Waals surface area contributed by atoms with Crippen LogP contribution in [0.4, 0.5) is 4.39 Å². The van der Waals surface area contributed by atoms with Crippen LogP contribution in [0.2, 0.25) is 0 Å². The van der Waals surface area contributed by atoms with E-state index >= 15 is 0 Å². The summed E-state index contributed by atoms with van der Waals surface area (Å²) in [6.07, 6.45) is 0. The number of thiophene rings is 1. The summed E-state index contributed by atoms with van der Waals surface area (Å²) in [4.78, 5) is 3.30. The van der Waals surface area contributed by atoms with Crippen LogP contribution in [0.5, 0.6) is 5.75 Å². The first kappa shape index (κ1) is 20.2. The first-order valence-corrected chi connectivity index (χ1v) is 8.02. The van der Waals surface area contributed by atoms with Gasteiger partial charge in [-0.2, -0.15) is 0 Å². The molecule has 1 saturated heterocycles. The normalized spacial score (nSPS) is 16.3. The van der Waals surface area contributed by atoms with Gasteiger partial charge in [0, 0.05) is 31.1 Å². The smallest absolute Gasteiger partial charge is 0.132 e. The molecule has 2 heterocycles. The van der Waals surface area contributed by atoms with Gasteiger partial charge in [-0.25, -0.2) is 4.39 Å². The second kappa shape index (κ2) is 8.85. The molecule has 2 aromatic rings. The molecule has 7 heteroatoms. The predicted octanol–water partition coefficient (Wildman–Crippen LogP) is 3.74. The summed E-state index contributed by atoms with van der Waals surface area (Å²) in [7, 11) is 0. The highest BCUT2D eigenvalue weighted by Gasteiger charge is 2.30. The summed E-state index contributed by atoms with van der Waals surface area (Å²) >= 11 is 1.60. The number of phenolic OH excluding ortho intramolecular Hbond substituents is 1. The maximum Gasteiger partial charge on any atom is 0.132 e. The number of phenols is 1. The topological polar surface area (TPSA) is 35.5 Å². The molecule has 0 radical (unpaired) electrons. The van der Waals surface area contributed by atoms with E-state index < -0.39 is 0 Å². The summed E-state index contributed by atoms with van der Waals surface area (Å²) in [6, 6.07) is 6.84. The van der Waals surface area contributed by atoms with Crippen LogP contribution in [0.1, 0.15) is 22.0 Å². The summed E-state index contributed by atoms with van der Waals surface area (Å²) in [5.41, 5.74) is 1.11. The van der Waals surface area contributed by atoms with E-state index in [1.54, 1.807) is 17.4 Å². The fourth-order valence-electron chi connectivity index (χ4n) is 2.84. The van der Waals surface area contributed by atoms with E-state index in [2.05, 4.69) is 10.2 Å². The van der Waals surface area contributed by atoms with Crippen molar-refractivity contribution in [3.8, 4) is 5.75 Å². The molecule has 128 valence electrons. The molecule has 3 rings (SSSR count). The van der Waals surface area contributed by atoms with E-state index in [9.17, 15) is 9.50 Å². The SMILES string of the molecule is Cc1ccc(F)c([C@H](c2cccs2)N2CCNCC2)c1O.Cl.Cl. The monoisotopic (exact) mass is 378 g/mol. The highest BCUT2D eigenvalue weighted by atomic mass is 35.5. The average molecular weight is 379 g/mol. The Bertz CT molecular complexity index is 619. The number of aromatic hydroxyl groups is 1. The van der Waals surface area contributed by atoms with E-state index in [0.29, 0.717) is 11.1 Å². The zero-order chi connectivity index (χ0) is 14.8. The third-order valence-electron chi connectivity index (χ3n) is 3.97. The van der Waals surface area contributed by atoms with Crippen LogP contribution in [0.15, 0.2) is 29.6 Å². The highest BCUT2D eigenvalue weighted by molar-refractivity contribution is 7.10. The Balaban J connectivity index is 0.00000132. The number of nitrogens with zero attached hydrogens (tertiary/aromatic N) is 1. The lowest BCUT2D eigenvalue weighted by molar-refractivity contribution is 0.194. The van der Waals surface area contributed by atoms with Crippen LogP contribution in [0, 0.1) is 12.7 Å². The zero-order valence-corrected chi connectivity index (χ0v) is 15.2. The fourth-order valence-corrected chi connectivity index (χ4v) is 3.71. The summed E-state index contributed by atoms with van der Waals surface area (Å²) in [5.74, 6) is -0.262. The number of aryl methyl sites for hydroxylation is 1. The molecule has 2 N–H and O–H groups in total. The summed E-state index contributed by atoms with van der Waals surface area (Å²) < 4.78 is 14.4. The van der Waals surface area contributed by atoms with Crippen molar-refractivity contribution in [1.82, 2.24) is 10.2 Å². The Labute approximate surface area is 152 Å². The predicted molar refractivity (Wildman–Crippen MR) is 97.9 cm³/mol. The van der Waals surface area contributed by atoms with Crippen molar-refractivity contribution in [1.29, 1.82) is 0 Å². The number of rotatable bonds is 3. The standard InChI is InChI=1S/C16H19FN2OS.2ClH/c1-11-4-5-12(17)14(16(11)20)15(13-3-2-10-21-13)19-8-6-18-7-9-19;;/h2-5,10,15,18,20H,6-9H2,1H3;2*1H/t15-;;/m0../s1. The van der Waals surface area contributed by atoms with Gasteiger partial charge in [-0.3, -0.25) is 4.90 Å². The average Bonchev–Trinajstić information content (AvgIpc) is 3.02. The number of halogens is 3. The Hall–Kier alpha value is -0.850. The molecule has 1 aromatic carbocycles. The largest absolute Gasteiger partial charge is 0.507 e. The lowest BCUT2D eigenvalue weighted by Gasteiger charge is -2.35. The van der Waals surface area contributed by atoms with Gasteiger partial charge in [0.05, 0.1) is 11.6 Å². The Morgan fingerprint density at radius 1 is 1.22 bits per heavy atom. The first-order chi connectivity index (χ1) is 10.2. The first-order valence-electron chi connectivity index (χ1n) is 7.14. The lowest BCUT2D eigenvalue weighted by Crippen LogP contribution is -2.45. The van der Waals surface area contributed by atoms with Crippen molar-refractivity contribution in [2.24, 2.45) is 0 Å². The minimum atomic E-state index is -0.338. The van der Waals surface area contributed by atoms with Crippen LogP contribution in [-0.2, 0) is 0 Å². The van der Waals surface area contributed by atoms with Gasteiger partial charge < -0.3 is 10.4 Å².